The molecule has 2 aliphatic carbocycles. The molecular formula is C16H19BrN2. The Kier molecular flexibility index (Phi) is 3.54. The number of halogens is 1. The maximum Gasteiger partial charge on any atom is 0.0992 e. The standard InChI is InChI=1S/C16H19BrN2/c1-19(10-14-7-11-2-4-13(14)6-11)16-5-3-12(9-18)8-15(16)17/h3,5,8,11,13-14H,2,4,6-7,10H2,1H3. The summed E-state index contributed by atoms with van der Waals surface area (Å²) in [6.07, 6.45) is 5.79. The molecule has 19 heavy (non-hydrogen) atoms. The Balaban J connectivity index is 1.70. The van der Waals surface area contributed by atoms with Crippen molar-refractivity contribution >= 4 is 21.6 Å². The van der Waals surface area contributed by atoms with Gasteiger partial charge in [-0.05, 0) is 71.1 Å². The Labute approximate surface area is 123 Å². The minimum absolute atomic E-state index is 0.712. The van der Waals surface area contributed by atoms with Gasteiger partial charge in [-0.2, -0.15) is 5.26 Å². The molecule has 3 atom stereocenters. The van der Waals surface area contributed by atoms with Crippen molar-refractivity contribution in [1.82, 2.24) is 0 Å². The molecule has 2 fully saturated rings. The van der Waals surface area contributed by atoms with Crippen LogP contribution in [-0.2, 0) is 0 Å². The summed E-state index contributed by atoms with van der Waals surface area (Å²) in [7, 11) is 2.16. The maximum absolute atomic E-state index is 8.91. The molecule has 2 aliphatic rings. The molecule has 2 bridgehead atoms. The van der Waals surface area contributed by atoms with E-state index in [1.165, 1.54) is 31.4 Å². The SMILES string of the molecule is CN(CC1CC2CCC1C2)c1ccc(C#N)cc1Br. The summed E-state index contributed by atoms with van der Waals surface area (Å²) in [5.74, 6) is 2.84. The van der Waals surface area contributed by atoms with Crippen molar-refractivity contribution < 1.29 is 0 Å². The van der Waals surface area contributed by atoms with Crippen LogP contribution in [0.4, 0.5) is 5.69 Å². The third kappa shape index (κ3) is 2.51. The van der Waals surface area contributed by atoms with Gasteiger partial charge >= 0.3 is 0 Å². The minimum atomic E-state index is 0.712. The van der Waals surface area contributed by atoms with Gasteiger partial charge in [0.15, 0.2) is 0 Å². The third-order valence-corrected chi connectivity index (χ3v) is 5.52. The summed E-state index contributed by atoms with van der Waals surface area (Å²) in [6.45, 7) is 1.14. The highest BCUT2D eigenvalue weighted by Gasteiger charge is 2.39. The lowest BCUT2D eigenvalue weighted by Crippen LogP contribution is -2.28. The first-order valence-electron chi connectivity index (χ1n) is 7.08. The van der Waals surface area contributed by atoms with Crippen molar-refractivity contribution in [2.75, 3.05) is 18.5 Å². The van der Waals surface area contributed by atoms with E-state index in [9.17, 15) is 0 Å². The van der Waals surface area contributed by atoms with Crippen LogP contribution in [0.15, 0.2) is 22.7 Å². The molecule has 0 aliphatic heterocycles. The first-order chi connectivity index (χ1) is 9.17. The van der Waals surface area contributed by atoms with Crippen LogP contribution in [0.1, 0.15) is 31.2 Å². The highest BCUT2D eigenvalue weighted by molar-refractivity contribution is 9.10. The molecule has 0 spiro atoms. The number of hydrogen-bond acceptors (Lipinski definition) is 2. The predicted octanol–water partition coefficient (Wildman–Crippen LogP) is 4.19. The van der Waals surface area contributed by atoms with Gasteiger partial charge in [-0.1, -0.05) is 6.42 Å². The number of nitrogens with zero attached hydrogens (tertiary/aromatic N) is 2. The van der Waals surface area contributed by atoms with Crippen molar-refractivity contribution in [2.24, 2.45) is 17.8 Å². The molecule has 1 aromatic rings. The fourth-order valence-corrected chi connectivity index (χ4v) is 4.62. The van der Waals surface area contributed by atoms with Crippen molar-refractivity contribution in [1.29, 1.82) is 5.26 Å². The summed E-state index contributed by atoms with van der Waals surface area (Å²) in [6, 6.07) is 8.04. The average molecular weight is 319 g/mol. The lowest BCUT2D eigenvalue weighted by Gasteiger charge is -2.29. The Bertz CT molecular complexity index is 520. The summed E-state index contributed by atoms with van der Waals surface area (Å²) in [5.41, 5.74) is 1.91. The monoisotopic (exact) mass is 318 g/mol. The maximum atomic E-state index is 8.91. The van der Waals surface area contributed by atoms with Crippen LogP contribution in [0.2, 0.25) is 0 Å². The van der Waals surface area contributed by atoms with E-state index in [1.54, 1.807) is 0 Å². The Hall–Kier alpha value is -1.01. The number of benzene rings is 1. The van der Waals surface area contributed by atoms with Crippen molar-refractivity contribution in [3.63, 3.8) is 0 Å². The molecule has 3 rings (SSSR count). The van der Waals surface area contributed by atoms with Crippen LogP contribution in [0.25, 0.3) is 0 Å². The molecule has 0 saturated heterocycles. The fourth-order valence-electron chi connectivity index (χ4n) is 3.94. The molecule has 1 aromatic carbocycles. The average Bonchev–Trinajstić information content (AvgIpc) is 3.00. The van der Waals surface area contributed by atoms with Crippen molar-refractivity contribution in [3.05, 3.63) is 28.2 Å². The van der Waals surface area contributed by atoms with Crippen LogP contribution < -0.4 is 4.90 Å². The zero-order chi connectivity index (χ0) is 13.4. The molecule has 0 aromatic heterocycles. The zero-order valence-corrected chi connectivity index (χ0v) is 12.9. The zero-order valence-electron chi connectivity index (χ0n) is 11.3. The van der Waals surface area contributed by atoms with Crippen LogP contribution in [-0.4, -0.2) is 13.6 Å². The van der Waals surface area contributed by atoms with Crippen molar-refractivity contribution in [3.8, 4) is 6.07 Å². The third-order valence-electron chi connectivity index (χ3n) is 4.88. The normalized spacial score (nSPS) is 28.4. The quantitative estimate of drug-likeness (QED) is 0.835. The molecule has 100 valence electrons. The number of fused-ring (bicyclic) bond motifs is 2. The fraction of sp³-hybridized carbons (Fsp3) is 0.562. The van der Waals surface area contributed by atoms with E-state index >= 15 is 0 Å². The lowest BCUT2D eigenvalue weighted by molar-refractivity contribution is 0.337. The van der Waals surface area contributed by atoms with E-state index < -0.39 is 0 Å². The summed E-state index contributed by atoms with van der Waals surface area (Å²) >= 11 is 3.59. The van der Waals surface area contributed by atoms with Crippen LogP contribution in [0.5, 0.6) is 0 Å². The van der Waals surface area contributed by atoms with Crippen LogP contribution in [0, 0.1) is 29.1 Å². The molecule has 0 N–H and O–H groups in total. The highest BCUT2D eigenvalue weighted by Crippen LogP contribution is 2.48. The molecule has 2 saturated carbocycles. The molecule has 3 heteroatoms. The van der Waals surface area contributed by atoms with Gasteiger partial charge in [0.05, 0.1) is 17.3 Å². The predicted molar refractivity (Wildman–Crippen MR) is 81.1 cm³/mol. The minimum Gasteiger partial charge on any atom is -0.373 e. The number of anilines is 1. The molecular weight excluding hydrogens is 300 g/mol. The van der Waals surface area contributed by atoms with Gasteiger partial charge in [-0.3, -0.25) is 0 Å². The molecule has 3 unspecified atom stereocenters. The molecule has 0 amide bonds. The molecule has 2 nitrogen and oxygen atoms in total. The number of hydrogen-bond donors (Lipinski definition) is 0. The van der Waals surface area contributed by atoms with E-state index in [4.69, 9.17) is 5.26 Å². The van der Waals surface area contributed by atoms with E-state index in [0.717, 1.165) is 28.8 Å². The second-order valence-electron chi connectivity index (χ2n) is 6.09. The van der Waals surface area contributed by atoms with Gasteiger partial charge in [0.1, 0.15) is 0 Å². The van der Waals surface area contributed by atoms with E-state index in [1.807, 2.05) is 12.1 Å². The van der Waals surface area contributed by atoms with E-state index in [0.29, 0.717) is 5.56 Å². The Morgan fingerprint density at radius 1 is 1.37 bits per heavy atom. The van der Waals surface area contributed by atoms with Gasteiger partial charge in [0.25, 0.3) is 0 Å². The van der Waals surface area contributed by atoms with Crippen LogP contribution >= 0.6 is 15.9 Å². The smallest absolute Gasteiger partial charge is 0.0992 e. The molecule has 0 radical (unpaired) electrons. The largest absolute Gasteiger partial charge is 0.373 e. The summed E-state index contributed by atoms with van der Waals surface area (Å²) in [5, 5.41) is 8.91. The number of rotatable bonds is 3. The first kappa shape index (κ1) is 13.0. The van der Waals surface area contributed by atoms with Gasteiger partial charge in [-0.15, -0.1) is 0 Å². The second kappa shape index (κ2) is 5.17. The Morgan fingerprint density at radius 3 is 2.79 bits per heavy atom. The summed E-state index contributed by atoms with van der Waals surface area (Å²) in [4.78, 5) is 2.34. The second-order valence-corrected chi connectivity index (χ2v) is 6.95. The van der Waals surface area contributed by atoms with E-state index in [-0.39, 0.29) is 0 Å². The van der Waals surface area contributed by atoms with Gasteiger partial charge in [-0.25, -0.2) is 0 Å². The summed E-state index contributed by atoms with van der Waals surface area (Å²) < 4.78 is 1.03. The van der Waals surface area contributed by atoms with Gasteiger partial charge in [0, 0.05) is 18.1 Å². The first-order valence-corrected chi connectivity index (χ1v) is 7.87. The van der Waals surface area contributed by atoms with Crippen LogP contribution in [0.3, 0.4) is 0 Å². The van der Waals surface area contributed by atoms with Crippen molar-refractivity contribution in [2.45, 2.75) is 25.7 Å². The van der Waals surface area contributed by atoms with Gasteiger partial charge in [0.2, 0.25) is 0 Å². The van der Waals surface area contributed by atoms with Gasteiger partial charge < -0.3 is 4.90 Å². The highest BCUT2D eigenvalue weighted by atomic mass is 79.9. The van der Waals surface area contributed by atoms with E-state index in [2.05, 4.69) is 40.0 Å². The Morgan fingerprint density at radius 2 is 2.21 bits per heavy atom. The topological polar surface area (TPSA) is 27.0 Å². The number of nitriles is 1. The molecule has 0 heterocycles. The lowest BCUT2D eigenvalue weighted by atomic mass is 9.88.